The van der Waals surface area contributed by atoms with Gasteiger partial charge in [0.25, 0.3) is 0 Å². The van der Waals surface area contributed by atoms with Crippen LogP contribution in [0.4, 0.5) is 5.82 Å². The quantitative estimate of drug-likeness (QED) is 0.838. The first-order valence-corrected chi connectivity index (χ1v) is 7.97. The summed E-state index contributed by atoms with van der Waals surface area (Å²) in [7, 11) is 0. The summed E-state index contributed by atoms with van der Waals surface area (Å²) < 4.78 is 0. The lowest BCUT2D eigenvalue weighted by atomic mass is 9.92. The molecule has 21 heavy (non-hydrogen) atoms. The molecular weight excluding hydrogens is 260 g/mol. The van der Waals surface area contributed by atoms with Crippen LogP contribution in [0.2, 0.25) is 0 Å². The molecule has 0 amide bonds. The fraction of sp³-hybridized carbons (Fsp3) is 0.765. The van der Waals surface area contributed by atoms with Crippen LogP contribution in [0.3, 0.4) is 0 Å². The third-order valence-electron chi connectivity index (χ3n) is 3.81. The van der Waals surface area contributed by atoms with Gasteiger partial charge in [-0.3, -0.25) is 4.90 Å². The van der Waals surface area contributed by atoms with Crippen LogP contribution in [0.1, 0.15) is 47.2 Å². The maximum absolute atomic E-state index is 4.43. The van der Waals surface area contributed by atoms with Crippen molar-refractivity contribution in [3.63, 3.8) is 0 Å². The lowest BCUT2D eigenvalue weighted by Gasteiger charge is -2.38. The van der Waals surface area contributed by atoms with Crippen LogP contribution in [-0.4, -0.2) is 47.8 Å². The van der Waals surface area contributed by atoms with Gasteiger partial charge in [-0.05, 0) is 17.5 Å². The highest BCUT2D eigenvalue weighted by molar-refractivity contribution is 5.38. The first-order valence-electron chi connectivity index (χ1n) is 7.97. The van der Waals surface area contributed by atoms with Crippen molar-refractivity contribution in [2.24, 2.45) is 5.41 Å². The fourth-order valence-corrected chi connectivity index (χ4v) is 2.70. The molecule has 0 saturated carbocycles. The van der Waals surface area contributed by atoms with Crippen LogP contribution < -0.4 is 4.90 Å². The molecule has 1 aromatic rings. The van der Waals surface area contributed by atoms with E-state index in [0.717, 1.165) is 44.2 Å². The number of rotatable bonds is 2. The monoisotopic (exact) mass is 290 g/mol. The van der Waals surface area contributed by atoms with Gasteiger partial charge in [0.1, 0.15) is 0 Å². The van der Waals surface area contributed by atoms with Gasteiger partial charge in [-0.2, -0.15) is 5.10 Å². The van der Waals surface area contributed by atoms with Crippen LogP contribution in [-0.2, 0) is 5.41 Å². The van der Waals surface area contributed by atoms with Gasteiger partial charge in [0.15, 0.2) is 5.82 Å². The lowest BCUT2D eigenvalue weighted by molar-refractivity contribution is 0.182. The number of hydrogen-bond donors (Lipinski definition) is 0. The average molecular weight is 290 g/mol. The number of hydrogen-bond acceptors (Lipinski definition) is 4. The van der Waals surface area contributed by atoms with Crippen LogP contribution in [0.5, 0.6) is 0 Å². The van der Waals surface area contributed by atoms with Crippen LogP contribution in [0.15, 0.2) is 12.1 Å². The minimum absolute atomic E-state index is 0.0664. The van der Waals surface area contributed by atoms with Crippen molar-refractivity contribution in [1.82, 2.24) is 15.1 Å². The van der Waals surface area contributed by atoms with Crippen LogP contribution in [0, 0.1) is 5.41 Å². The Morgan fingerprint density at radius 2 is 1.52 bits per heavy atom. The molecule has 1 fully saturated rings. The summed E-state index contributed by atoms with van der Waals surface area (Å²) in [5.41, 5.74) is 1.49. The van der Waals surface area contributed by atoms with E-state index >= 15 is 0 Å². The Labute approximate surface area is 129 Å². The molecule has 1 aliphatic heterocycles. The normalized spacial score (nSPS) is 18.1. The molecule has 0 bridgehead atoms. The topological polar surface area (TPSA) is 32.3 Å². The highest BCUT2D eigenvalue weighted by Gasteiger charge is 2.23. The maximum Gasteiger partial charge on any atom is 0.151 e. The van der Waals surface area contributed by atoms with Gasteiger partial charge >= 0.3 is 0 Å². The Morgan fingerprint density at radius 3 is 1.95 bits per heavy atom. The summed E-state index contributed by atoms with van der Waals surface area (Å²) >= 11 is 0. The Balaban J connectivity index is 1.93. The molecule has 1 aliphatic rings. The first-order chi connectivity index (χ1) is 9.65. The zero-order valence-electron chi connectivity index (χ0n) is 14.5. The minimum Gasteiger partial charge on any atom is -0.353 e. The van der Waals surface area contributed by atoms with E-state index in [4.69, 9.17) is 0 Å². The molecule has 0 unspecified atom stereocenters. The highest BCUT2D eigenvalue weighted by atomic mass is 15.3. The standard InChI is InChI=1S/C17H30N4/c1-16(2,3)13-20-9-11-21(12-10-20)15-8-7-14(18-19-15)17(4,5)6/h7-8H,9-13H2,1-6H3. The number of nitrogens with zero attached hydrogens (tertiary/aromatic N) is 4. The highest BCUT2D eigenvalue weighted by Crippen LogP contribution is 2.22. The van der Waals surface area contributed by atoms with Crippen molar-refractivity contribution in [3.8, 4) is 0 Å². The molecule has 0 N–H and O–H groups in total. The van der Waals surface area contributed by atoms with E-state index in [1.165, 1.54) is 0 Å². The van der Waals surface area contributed by atoms with Crippen molar-refractivity contribution in [3.05, 3.63) is 17.8 Å². The molecule has 0 atom stereocenters. The summed E-state index contributed by atoms with van der Waals surface area (Å²) in [6.45, 7) is 18.9. The Morgan fingerprint density at radius 1 is 0.905 bits per heavy atom. The molecule has 4 nitrogen and oxygen atoms in total. The van der Waals surface area contributed by atoms with E-state index < -0.39 is 0 Å². The predicted molar refractivity (Wildman–Crippen MR) is 88.8 cm³/mol. The zero-order valence-corrected chi connectivity index (χ0v) is 14.5. The van der Waals surface area contributed by atoms with Gasteiger partial charge in [-0.25, -0.2) is 0 Å². The van der Waals surface area contributed by atoms with Crippen molar-refractivity contribution in [1.29, 1.82) is 0 Å². The molecule has 1 aromatic heterocycles. The number of anilines is 1. The SMILES string of the molecule is CC(C)(C)CN1CCN(c2ccc(C(C)(C)C)nn2)CC1. The molecule has 1 saturated heterocycles. The van der Waals surface area contributed by atoms with Gasteiger partial charge in [-0.1, -0.05) is 41.5 Å². The van der Waals surface area contributed by atoms with Gasteiger partial charge in [0.2, 0.25) is 0 Å². The second kappa shape index (κ2) is 5.91. The second-order valence-corrected chi connectivity index (χ2v) is 8.35. The van der Waals surface area contributed by atoms with Crippen molar-refractivity contribution in [2.45, 2.75) is 47.0 Å². The van der Waals surface area contributed by atoms with E-state index in [2.05, 4.69) is 73.7 Å². The third kappa shape index (κ3) is 4.67. The van der Waals surface area contributed by atoms with E-state index in [-0.39, 0.29) is 5.41 Å². The molecule has 2 rings (SSSR count). The molecule has 0 radical (unpaired) electrons. The molecule has 0 spiro atoms. The van der Waals surface area contributed by atoms with Crippen molar-refractivity contribution < 1.29 is 0 Å². The Kier molecular flexibility index (Phi) is 4.57. The molecular formula is C17H30N4. The summed E-state index contributed by atoms with van der Waals surface area (Å²) in [6, 6.07) is 4.23. The molecule has 0 aliphatic carbocycles. The van der Waals surface area contributed by atoms with E-state index in [1.807, 2.05) is 0 Å². The van der Waals surface area contributed by atoms with Crippen molar-refractivity contribution >= 4 is 5.82 Å². The van der Waals surface area contributed by atoms with E-state index in [9.17, 15) is 0 Å². The number of piperazine rings is 1. The molecule has 118 valence electrons. The van der Waals surface area contributed by atoms with E-state index in [0.29, 0.717) is 5.41 Å². The Hall–Kier alpha value is -1.16. The third-order valence-corrected chi connectivity index (χ3v) is 3.81. The minimum atomic E-state index is 0.0664. The largest absolute Gasteiger partial charge is 0.353 e. The lowest BCUT2D eigenvalue weighted by Crippen LogP contribution is -2.49. The summed E-state index contributed by atoms with van der Waals surface area (Å²) in [5, 5.41) is 8.82. The average Bonchev–Trinajstić information content (AvgIpc) is 2.37. The van der Waals surface area contributed by atoms with Gasteiger partial charge in [0.05, 0.1) is 5.69 Å². The summed E-state index contributed by atoms with van der Waals surface area (Å²) in [4.78, 5) is 4.89. The summed E-state index contributed by atoms with van der Waals surface area (Å²) in [6.07, 6.45) is 0. The molecule has 4 heteroatoms. The number of aromatic nitrogens is 2. The van der Waals surface area contributed by atoms with Gasteiger partial charge in [0, 0.05) is 38.1 Å². The van der Waals surface area contributed by atoms with Crippen molar-refractivity contribution in [2.75, 3.05) is 37.6 Å². The molecule has 0 aromatic carbocycles. The smallest absolute Gasteiger partial charge is 0.151 e. The summed E-state index contributed by atoms with van der Waals surface area (Å²) in [5.74, 6) is 1.01. The van der Waals surface area contributed by atoms with E-state index in [1.54, 1.807) is 0 Å². The first kappa shape index (κ1) is 16.2. The fourth-order valence-electron chi connectivity index (χ4n) is 2.70. The van der Waals surface area contributed by atoms with Gasteiger partial charge in [-0.15, -0.1) is 5.10 Å². The Bertz CT molecular complexity index is 445. The molecule has 2 heterocycles. The van der Waals surface area contributed by atoms with Crippen LogP contribution in [0.25, 0.3) is 0 Å². The van der Waals surface area contributed by atoms with Crippen LogP contribution >= 0.6 is 0 Å². The predicted octanol–water partition coefficient (Wildman–Crippen LogP) is 2.94. The zero-order chi connectivity index (χ0) is 15.7. The maximum atomic E-state index is 4.43. The van der Waals surface area contributed by atoms with Gasteiger partial charge < -0.3 is 4.90 Å². The second-order valence-electron chi connectivity index (χ2n) is 8.35.